The predicted octanol–water partition coefficient (Wildman–Crippen LogP) is 1.18. The van der Waals surface area contributed by atoms with Crippen molar-refractivity contribution in [3.63, 3.8) is 0 Å². The Morgan fingerprint density at radius 3 is 2.47 bits per heavy atom. The SMILES string of the molecule is CN(Cc1ccc(C2=NCCN2C(=O)O)cc1)C(=O)CNC(=O)CNCS(=O)(=O)c1ccccc1Cl. The van der Waals surface area contributed by atoms with Crippen LogP contribution in [0.25, 0.3) is 0 Å². The molecule has 0 saturated carbocycles. The number of aliphatic imine (C=N–C) groups is 1. The number of carbonyl (C=O) groups is 3. The molecule has 11 nitrogen and oxygen atoms in total. The quantitative estimate of drug-likeness (QED) is 0.413. The Kier molecular flexibility index (Phi) is 9.02. The number of nitrogens with one attached hydrogen (secondary N) is 2. The lowest BCUT2D eigenvalue weighted by atomic mass is 10.1. The summed E-state index contributed by atoms with van der Waals surface area (Å²) in [5.74, 6) is -0.955. The topological polar surface area (TPSA) is 148 Å². The number of halogens is 1. The average Bonchev–Trinajstić information content (AvgIpc) is 3.33. The Balaban J connectivity index is 1.42. The number of nitrogens with zero attached hydrogens (tertiary/aromatic N) is 3. The minimum atomic E-state index is -3.72. The van der Waals surface area contributed by atoms with Crippen LogP contribution in [0.15, 0.2) is 58.4 Å². The number of rotatable bonds is 10. The molecular formula is C23H26ClN5O6S. The molecule has 192 valence electrons. The number of hydrogen-bond donors (Lipinski definition) is 3. The first kappa shape index (κ1) is 27.1. The van der Waals surface area contributed by atoms with Gasteiger partial charge in [0, 0.05) is 19.2 Å². The summed E-state index contributed by atoms with van der Waals surface area (Å²) in [5, 5.41) is 14.4. The summed E-state index contributed by atoms with van der Waals surface area (Å²) >= 11 is 5.92. The number of likely N-dealkylation sites (N-methyl/N-ethyl adjacent to an activating group) is 1. The van der Waals surface area contributed by atoms with Gasteiger partial charge >= 0.3 is 6.09 Å². The number of benzene rings is 2. The Labute approximate surface area is 213 Å². The van der Waals surface area contributed by atoms with Gasteiger partial charge in [-0.05, 0) is 17.7 Å². The average molecular weight is 536 g/mol. The van der Waals surface area contributed by atoms with Crippen LogP contribution in [-0.2, 0) is 26.0 Å². The number of amidine groups is 1. The molecule has 0 saturated heterocycles. The molecule has 0 spiro atoms. The van der Waals surface area contributed by atoms with Gasteiger partial charge in [0.05, 0.1) is 36.1 Å². The molecule has 2 aromatic carbocycles. The van der Waals surface area contributed by atoms with Crippen molar-refractivity contribution in [1.82, 2.24) is 20.4 Å². The van der Waals surface area contributed by atoms with Crippen molar-refractivity contribution in [3.8, 4) is 0 Å². The largest absolute Gasteiger partial charge is 0.465 e. The fourth-order valence-electron chi connectivity index (χ4n) is 3.45. The van der Waals surface area contributed by atoms with Gasteiger partial charge in [0.15, 0.2) is 9.84 Å². The van der Waals surface area contributed by atoms with E-state index in [9.17, 15) is 27.9 Å². The molecule has 0 fully saturated rings. The number of hydrogen-bond acceptors (Lipinski definition) is 7. The lowest BCUT2D eigenvalue weighted by Crippen LogP contribution is -2.42. The van der Waals surface area contributed by atoms with Crippen LogP contribution >= 0.6 is 11.6 Å². The van der Waals surface area contributed by atoms with E-state index >= 15 is 0 Å². The maximum atomic E-state index is 12.4. The van der Waals surface area contributed by atoms with Crippen molar-refractivity contribution in [3.05, 3.63) is 64.7 Å². The molecule has 13 heteroatoms. The second-order valence-corrected chi connectivity index (χ2v) is 10.3. The van der Waals surface area contributed by atoms with Gasteiger partial charge in [0.25, 0.3) is 0 Å². The lowest BCUT2D eigenvalue weighted by molar-refractivity contribution is -0.132. The van der Waals surface area contributed by atoms with Gasteiger partial charge < -0.3 is 15.3 Å². The molecule has 3 amide bonds. The third kappa shape index (κ3) is 7.03. The minimum Gasteiger partial charge on any atom is -0.465 e. The van der Waals surface area contributed by atoms with Gasteiger partial charge in [0.2, 0.25) is 11.8 Å². The second kappa shape index (κ2) is 12.0. The van der Waals surface area contributed by atoms with E-state index in [4.69, 9.17) is 11.6 Å². The Bertz CT molecular complexity index is 1270. The smallest absolute Gasteiger partial charge is 0.413 e. The standard InChI is InChI=1S/C23H26ClN5O6S/c1-28(14-16-6-8-17(9-7-16)22-26-10-11-29(22)23(32)33)21(31)13-27-20(30)12-25-15-36(34,35)19-5-3-2-4-18(19)24/h2-9,25H,10-15H2,1H3,(H,27,30)(H,32,33). The van der Waals surface area contributed by atoms with Crippen LogP contribution in [0, 0.1) is 0 Å². The fraction of sp³-hybridized carbons (Fsp3) is 0.304. The van der Waals surface area contributed by atoms with Gasteiger partial charge in [-0.2, -0.15) is 0 Å². The van der Waals surface area contributed by atoms with E-state index in [1.807, 2.05) is 0 Å². The van der Waals surface area contributed by atoms with Crippen molar-refractivity contribution in [2.75, 3.05) is 39.1 Å². The summed E-state index contributed by atoms with van der Waals surface area (Å²) in [7, 11) is -2.13. The molecule has 0 aromatic heterocycles. The van der Waals surface area contributed by atoms with Crippen LogP contribution in [0.4, 0.5) is 4.79 Å². The summed E-state index contributed by atoms with van der Waals surface area (Å²) in [4.78, 5) is 42.5. The summed E-state index contributed by atoms with van der Waals surface area (Å²) in [5.41, 5.74) is 1.48. The molecule has 1 heterocycles. The van der Waals surface area contributed by atoms with E-state index in [0.29, 0.717) is 24.5 Å². The molecule has 3 N–H and O–H groups in total. The highest BCUT2D eigenvalue weighted by Crippen LogP contribution is 2.21. The van der Waals surface area contributed by atoms with Crippen molar-refractivity contribution < 1.29 is 27.9 Å². The van der Waals surface area contributed by atoms with E-state index < -0.39 is 27.7 Å². The summed E-state index contributed by atoms with van der Waals surface area (Å²) in [6.45, 7) is 0.468. The van der Waals surface area contributed by atoms with Gasteiger partial charge in [0.1, 0.15) is 11.7 Å². The number of amides is 3. The molecular weight excluding hydrogens is 510 g/mol. The van der Waals surface area contributed by atoms with Crippen LogP contribution < -0.4 is 10.6 Å². The third-order valence-corrected chi connectivity index (χ3v) is 7.37. The zero-order valence-corrected chi connectivity index (χ0v) is 21.1. The van der Waals surface area contributed by atoms with Crippen LogP contribution in [-0.4, -0.2) is 86.2 Å². The van der Waals surface area contributed by atoms with Crippen LogP contribution in [0.1, 0.15) is 11.1 Å². The zero-order valence-electron chi connectivity index (χ0n) is 19.5. The van der Waals surface area contributed by atoms with E-state index in [0.717, 1.165) is 5.56 Å². The Morgan fingerprint density at radius 1 is 1.11 bits per heavy atom. The highest BCUT2D eigenvalue weighted by molar-refractivity contribution is 7.91. The lowest BCUT2D eigenvalue weighted by Gasteiger charge is -2.18. The molecule has 0 unspecified atom stereocenters. The van der Waals surface area contributed by atoms with E-state index in [-0.39, 0.29) is 35.5 Å². The summed E-state index contributed by atoms with van der Waals surface area (Å²) in [6, 6.07) is 13.1. The van der Waals surface area contributed by atoms with Crippen molar-refractivity contribution in [2.45, 2.75) is 11.4 Å². The minimum absolute atomic E-state index is 0.0279. The van der Waals surface area contributed by atoms with Gasteiger partial charge in [-0.25, -0.2) is 13.2 Å². The van der Waals surface area contributed by atoms with Gasteiger partial charge in [-0.3, -0.25) is 24.8 Å². The van der Waals surface area contributed by atoms with Crippen molar-refractivity contribution >= 4 is 45.2 Å². The Morgan fingerprint density at radius 2 is 1.81 bits per heavy atom. The first-order valence-electron chi connectivity index (χ1n) is 10.9. The fourth-order valence-corrected chi connectivity index (χ4v) is 5.11. The van der Waals surface area contributed by atoms with Gasteiger partial charge in [-0.15, -0.1) is 0 Å². The molecule has 36 heavy (non-hydrogen) atoms. The first-order chi connectivity index (χ1) is 17.1. The third-order valence-electron chi connectivity index (χ3n) is 5.32. The van der Waals surface area contributed by atoms with Crippen LogP contribution in [0.5, 0.6) is 0 Å². The normalized spacial score (nSPS) is 13.3. The van der Waals surface area contributed by atoms with Crippen molar-refractivity contribution in [1.29, 1.82) is 0 Å². The number of carbonyl (C=O) groups excluding carboxylic acids is 2. The maximum absolute atomic E-state index is 12.4. The van der Waals surface area contributed by atoms with E-state index in [1.54, 1.807) is 43.4 Å². The Hall–Kier alpha value is -3.48. The molecule has 1 aliphatic rings. The van der Waals surface area contributed by atoms with E-state index in [2.05, 4.69) is 15.6 Å². The maximum Gasteiger partial charge on any atom is 0.413 e. The molecule has 1 aliphatic heterocycles. The number of sulfone groups is 1. The number of carboxylic acid groups (broad SMARTS) is 1. The molecule has 0 atom stereocenters. The van der Waals surface area contributed by atoms with Gasteiger partial charge in [-0.1, -0.05) is 48.0 Å². The molecule has 3 rings (SSSR count). The molecule has 0 radical (unpaired) electrons. The van der Waals surface area contributed by atoms with Crippen LogP contribution in [0.3, 0.4) is 0 Å². The molecule has 0 bridgehead atoms. The monoisotopic (exact) mass is 535 g/mol. The highest BCUT2D eigenvalue weighted by Gasteiger charge is 2.24. The zero-order chi connectivity index (χ0) is 26.3. The predicted molar refractivity (Wildman–Crippen MR) is 134 cm³/mol. The molecule has 2 aromatic rings. The summed E-state index contributed by atoms with van der Waals surface area (Å²) < 4.78 is 24.7. The highest BCUT2D eigenvalue weighted by atomic mass is 35.5. The second-order valence-electron chi connectivity index (χ2n) is 7.98. The summed E-state index contributed by atoms with van der Waals surface area (Å²) in [6.07, 6.45) is -1.06. The molecule has 0 aliphatic carbocycles. The first-order valence-corrected chi connectivity index (χ1v) is 12.9. The van der Waals surface area contributed by atoms with Crippen molar-refractivity contribution in [2.24, 2.45) is 4.99 Å². The van der Waals surface area contributed by atoms with Crippen LogP contribution in [0.2, 0.25) is 5.02 Å². The van der Waals surface area contributed by atoms with E-state index in [1.165, 1.54) is 21.9 Å².